The maximum absolute atomic E-state index is 10.9. The average molecular weight is 272 g/mol. The number of hydrogen-bond acceptors (Lipinski definition) is 2. The van der Waals surface area contributed by atoms with Crippen LogP contribution < -0.4 is 0 Å². The Morgan fingerprint density at radius 2 is 2.05 bits per heavy atom. The maximum Gasteiger partial charge on any atom is 0.270 e. The van der Waals surface area contributed by atoms with Crippen molar-refractivity contribution in [1.29, 1.82) is 0 Å². The molecule has 1 saturated carbocycles. The predicted molar refractivity (Wildman–Crippen MR) is 79.9 cm³/mol. The van der Waals surface area contributed by atoms with Crippen LogP contribution in [0.4, 0.5) is 5.69 Å². The van der Waals surface area contributed by atoms with Gasteiger partial charge in [-0.25, -0.2) is 0 Å². The number of nitro benzene ring substituents is 1. The van der Waals surface area contributed by atoms with Crippen molar-refractivity contribution >= 4 is 16.6 Å². The van der Waals surface area contributed by atoms with Gasteiger partial charge in [-0.1, -0.05) is 26.2 Å². The molecule has 0 radical (unpaired) electrons. The van der Waals surface area contributed by atoms with E-state index in [-0.39, 0.29) is 10.6 Å². The first-order valence-electron chi connectivity index (χ1n) is 7.42. The van der Waals surface area contributed by atoms with Crippen LogP contribution >= 0.6 is 0 Å². The number of aromatic nitrogens is 1. The van der Waals surface area contributed by atoms with Gasteiger partial charge in [0.2, 0.25) is 0 Å². The molecule has 1 aliphatic carbocycles. The Hall–Kier alpha value is -1.84. The fraction of sp³-hybridized carbons (Fsp3) is 0.500. The van der Waals surface area contributed by atoms with E-state index < -0.39 is 0 Å². The van der Waals surface area contributed by atoms with Gasteiger partial charge >= 0.3 is 0 Å². The van der Waals surface area contributed by atoms with Gasteiger partial charge in [-0.3, -0.25) is 10.1 Å². The van der Waals surface area contributed by atoms with Crippen LogP contribution in [0.5, 0.6) is 0 Å². The number of hydrogen-bond donors (Lipinski definition) is 1. The quantitative estimate of drug-likeness (QED) is 0.646. The SMILES string of the molecule is CC(c1c[nH]c2ccc([N+](=O)[O-])cc12)C1CCCCC1. The summed E-state index contributed by atoms with van der Waals surface area (Å²) in [6, 6.07) is 5.08. The van der Waals surface area contributed by atoms with Gasteiger partial charge in [-0.15, -0.1) is 0 Å². The number of fused-ring (bicyclic) bond motifs is 1. The summed E-state index contributed by atoms with van der Waals surface area (Å²) in [4.78, 5) is 13.9. The summed E-state index contributed by atoms with van der Waals surface area (Å²) in [6.45, 7) is 2.26. The molecule has 20 heavy (non-hydrogen) atoms. The Morgan fingerprint density at radius 1 is 1.30 bits per heavy atom. The fourth-order valence-electron chi connectivity index (χ4n) is 3.51. The molecule has 0 amide bonds. The minimum Gasteiger partial charge on any atom is -0.361 e. The summed E-state index contributed by atoms with van der Waals surface area (Å²) in [5.74, 6) is 1.17. The first-order valence-corrected chi connectivity index (χ1v) is 7.42. The maximum atomic E-state index is 10.9. The molecule has 1 aliphatic rings. The molecule has 0 aliphatic heterocycles. The van der Waals surface area contributed by atoms with Gasteiger partial charge in [0, 0.05) is 29.2 Å². The second kappa shape index (κ2) is 5.27. The highest BCUT2D eigenvalue weighted by molar-refractivity contribution is 5.85. The number of nitro groups is 1. The molecule has 1 atom stereocenters. The van der Waals surface area contributed by atoms with Crippen LogP contribution in [0.2, 0.25) is 0 Å². The van der Waals surface area contributed by atoms with Crippen molar-refractivity contribution in [2.75, 3.05) is 0 Å². The molecule has 0 spiro atoms. The number of rotatable bonds is 3. The lowest BCUT2D eigenvalue weighted by atomic mass is 9.78. The topological polar surface area (TPSA) is 58.9 Å². The molecule has 1 N–H and O–H groups in total. The average Bonchev–Trinajstić information content (AvgIpc) is 2.90. The summed E-state index contributed by atoms with van der Waals surface area (Å²) in [6.07, 6.45) is 8.58. The van der Waals surface area contributed by atoms with Gasteiger partial charge in [0.05, 0.1) is 4.92 Å². The summed E-state index contributed by atoms with van der Waals surface area (Å²) in [5.41, 5.74) is 2.40. The van der Waals surface area contributed by atoms with Crippen molar-refractivity contribution in [3.63, 3.8) is 0 Å². The predicted octanol–water partition coefficient (Wildman–Crippen LogP) is 4.76. The highest BCUT2D eigenvalue weighted by atomic mass is 16.6. The molecule has 3 rings (SSSR count). The van der Waals surface area contributed by atoms with Gasteiger partial charge in [0.25, 0.3) is 5.69 Å². The summed E-state index contributed by atoms with van der Waals surface area (Å²) in [7, 11) is 0. The third-order valence-electron chi connectivity index (χ3n) is 4.76. The minimum atomic E-state index is -0.318. The smallest absolute Gasteiger partial charge is 0.270 e. The zero-order valence-corrected chi connectivity index (χ0v) is 11.8. The van der Waals surface area contributed by atoms with Crippen molar-refractivity contribution in [2.45, 2.75) is 44.9 Å². The second-order valence-electron chi connectivity index (χ2n) is 5.92. The summed E-state index contributed by atoms with van der Waals surface area (Å²) < 4.78 is 0. The van der Waals surface area contributed by atoms with E-state index in [9.17, 15) is 10.1 Å². The molecule has 4 heteroatoms. The zero-order valence-electron chi connectivity index (χ0n) is 11.8. The zero-order chi connectivity index (χ0) is 14.1. The summed E-state index contributed by atoms with van der Waals surface area (Å²) >= 11 is 0. The Labute approximate surface area is 118 Å². The van der Waals surface area contributed by atoms with Gasteiger partial charge in [-0.05, 0) is 36.3 Å². The first-order chi connectivity index (χ1) is 9.66. The standard InChI is InChI=1S/C16H20N2O2/c1-11(12-5-3-2-4-6-12)15-10-17-16-8-7-13(18(19)20)9-14(15)16/h7-12,17H,2-6H2,1H3. The number of nitrogens with one attached hydrogen (secondary N) is 1. The first kappa shape index (κ1) is 13.2. The van der Waals surface area contributed by atoms with Crippen LogP contribution in [0.1, 0.15) is 50.5 Å². The largest absolute Gasteiger partial charge is 0.361 e. The fourth-order valence-corrected chi connectivity index (χ4v) is 3.51. The number of aromatic amines is 1. The normalized spacial score (nSPS) is 18.2. The van der Waals surface area contributed by atoms with Gasteiger partial charge < -0.3 is 4.98 Å². The van der Waals surface area contributed by atoms with Crippen molar-refractivity contribution in [1.82, 2.24) is 4.98 Å². The highest BCUT2D eigenvalue weighted by Crippen LogP contribution is 2.38. The molecular formula is C16H20N2O2. The molecule has 1 aromatic heterocycles. The van der Waals surface area contributed by atoms with E-state index >= 15 is 0 Å². The second-order valence-corrected chi connectivity index (χ2v) is 5.92. The van der Waals surface area contributed by atoms with E-state index in [1.54, 1.807) is 12.1 Å². The number of benzene rings is 1. The Morgan fingerprint density at radius 3 is 2.75 bits per heavy atom. The van der Waals surface area contributed by atoms with Crippen LogP contribution in [0.25, 0.3) is 10.9 Å². The minimum absolute atomic E-state index is 0.175. The van der Waals surface area contributed by atoms with Crippen LogP contribution in [-0.4, -0.2) is 9.91 Å². The van der Waals surface area contributed by atoms with Crippen LogP contribution in [0.15, 0.2) is 24.4 Å². The Bertz CT molecular complexity index is 626. The third kappa shape index (κ3) is 2.30. The molecular weight excluding hydrogens is 252 g/mol. The van der Waals surface area contributed by atoms with E-state index in [1.165, 1.54) is 37.7 Å². The molecule has 1 aromatic carbocycles. The lowest BCUT2D eigenvalue weighted by Crippen LogP contribution is -2.13. The van der Waals surface area contributed by atoms with E-state index in [2.05, 4.69) is 11.9 Å². The number of non-ortho nitro benzene ring substituents is 1. The molecule has 0 bridgehead atoms. The molecule has 2 aromatic rings. The lowest BCUT2D eigenvalue weighted by Gasteiger charge is -2.27. The monoisotopic (exact) mass is 272 g/mol. The third-order valence-corrected chi connectivity index (χ3v) is 4.76. The molecule has 1 heterocycles. The van der Waals surface area contributed by atoms with Gasteiger partial charge in [0.15, 0.2) is 0 Å². The van der Waals surface area contributed by atoms with Gasteiger partial charge in [-0.2, -0.15) is 0 Å². The molecule has 106 valence electrons. The number of H-pyrrole nitrogens is 1. The molecule has 0 saturated heterocycles. The van der Waals surface area contributed by atoms with Crippen LogP contribution in [0.3, 0.4) is 0 Å². The van der Waals surface area contributed by atoms with E-state index in [0.29, 0.717) is 11.8 Å². The van der Waals surface area contributed by atoms with Crippen molar-refractivity contribution in [2.24, 2.45) is 5.92 Å². The van der Waals surface area contributed by atoms with Crippen LogP contribution in [-0.2, 0) is 0 Å². The van der Waals surface area contributed by atoms with E-state index in [0.717, 1.165) is 10.9 Å². The van der Waals surface area contributed by atoms with Crippen molar-refractivity contribution < 1.29 is 4.92 Å². The van der Waals surface area contributed by atoms with Gasteiger partial charge in [0.1, 0.15) is 0 Å². The van der Waals surface area contributed by atoms with E-state index in [4.69, 9.17) is 0 Å². The van der Waals surface area contributed by atoms with Crippen molar-refractivity contribution in [3.8, 4) is 0 Å². The Balaban J connectivity index is 1.97. The summed E-state index contributed by atoms with van der Waals surface area (Å²) in [5, 5.41) is 12.0. The van der Waals surface area contributed by atoms with E-state index in [1.807, 2.05) is 12.3 Å². The van der Waals surface area contributed by atoms with Crippen molar-refractivity contribution in [3.05, 3.63) is 40.1 Å². The highest BCUT2D eigenvalue weighted by Gasteiger charge is 2.24. The number of nitrogens with zero attached hydrogens (tertiary/aromatic N) is 1. The Kier molecular flexibility index (Phi) is 3.47. The van der Waals surface area contributed by atoms with Crippen LogP contribution in [0, 0.1) is 16.0 Å². The lowest BCUT2D eigenvalue weighted by molar-refractivity contribution is -0.384. The molecule has 4 nitrogen and oxygen atoms in total. The molecule has 1 unspecified atom stereocenters. The molecule has 1 fully saturated rings.